The fraction of sp³-hybridized carbons (Fsp3) is 0.860. The molecule has 0 spiro atoms. The van der Waals surface area contributed by atoms with Gasteiger partial charge < -0.3 is 20.3 Å². The highest BCUT2D eigenvalue weighted by atomic mass is 16.5. The maximum atomic E-state index is 13.2. The molecule has 0 aromatic carbocycles. The van der Waals surface area contributed by atoms with Gasteiger partial charge >= 0.3 is 5.97 Å². The number of aliphatic hydroxyl groups is 2. The van der Waals surface area contributed by atoms with E-state index in [9.17, 15) is 19.8 Å². The number of esters is 1. The molecule has 0 saturated carbocycles. The van der Waals surface area contributed by atoms with Crippen LogP contribution in [0.15, 0.2) is 36.5 Å². The van der Waals surface area contributed by atoms with Crippen LogP contribution in [-0.2, 0) is 14.3 Å². The van der Waals surface area contributed by atoms with Crippen LogP contribution in [0.25, 0.3) is 0 Å². The standard InChI is InChI=1S/C57H107NO5/c1-4-7-10-13-16-19-22-24-26-28-29-31-34-36-39-42-45-48-53(63-57(62)50-47-44-41-38-35-32-30-27-25-23-20-17-14-11-8-5-2)51-56(61)58-54(52-59)55(60)49-46-43-40-37-33-21-18-15-12-9-6-3/h8,11,17,20,25,27,53-55,59-60H,4-7,9-10,12-16,18-19,21-24,26,28-52H2,1-3H3,(H,58,61)/b11-8+,20-17+,27-25+. The SMILES string of the molecule is CC/C=C/C/C=C/C/C=C/CCCCCCCCC(=O)OC(CCCCCCCCCCCCCCCCCCC)CC(=O)NC(CO)C(O)CCCCCCCCCCCCC. The van der Waals surface area contributed by atoms with Gasteiger partial charge in [-0.05, 0) is 57.8 Å². The first-order valence-corrected chi connectivity index (χ1v) is 27.7. The van der Waals surface area contributed by atoms with Crippen molar-refractivity contribution < 1.29 is 24.5 Å². The van der Waals surface area contributed by atoms with Gasteiger partial charge in [-0.2, -0.15) is 0 Å². The van der Waals surface area contributed by atoms with E-state index in [0.717, 1.165) is 70.6 Å². The maximum Gasteiger partial charge on any atom is 0.306 e. The summed E-state index contributed by atoms with van der Waals surface area (Å²) in [7, 11) is 0. The smallest absolute Gasteiger partial charge is 0.306 e. The van der Waals surface area contributed by atoms with Crippen molar-refractivity contribution in [2.75, 3.05) is 6.61 Å². The van der Waals surface area contributed by atoms with E-state index in [1.165, 1.54) is 173 Å². The van der Waals surface area contributed by atoms with Crippen molar-refractivity contribution in [3.8, 4) is 0 Å². The molecule has 0 bridgehead atoms. The van der Waals surface area contributed by atoms with Gasteiger partial charge in [-0.25, -0.2) is 0 Å². The van der Waals surface area contributed by atoms with E-state index < -0.39 is 18.2 Å². The second kappa shape index (κ2) is 51.1. The van der Waals surface area contributed by atoms with Crippen LogP contribution >= 0.6 is 0 Å². The number of unbranched alkanes of at least 4 members (excludes halogenated alkanes) is 32. The Hall–Kier alpha value is -1.92. The quantitative estimate of drug-likeness (QED) is 0.0321. The lowest BCUT2D eigenvalue weighted by Gasteiger charge is -2.24. The molecule has 0 aliphatic carbocycles. The molecular formula is C57H107NO5. The van der Waals surface area contributed by atoms with Gasteiger partial charge in [0.25, 0.3) is 0 Å². The van der Waals surface area contributed by atoms with Crippen molar-refractivity contribution in [2.24, 2.45) is 0 Å². The van der Waals surface area contributed by atoms with E-state index in [0.29, 0.717) is 19.3 Å². The number of aliphatic hydroxyl groups excluding tert-OH is 2. The van der Waals surface area contributed by atoms with E-state index in [1.54, 1.807) is 0 Å². The van der Waals surface area contributed by atoms with Gasteiger partial charge in [-0.3, -0.25) is 9.59 Å². The molecule has 3 atom stereocenters. The molecule has 0 saturated heterocycles. The molecule has 0 heterocycles. The van der Waals surface area contributed by atoms with Crippen LogP contribution < -0.4 is 5.32 Å². The summed E-state index contributed by atoms with van der Waals surface area (Å²) in [5.41, 5.74) is 0. The highest BCUT2D eigenvalue weighted by Crippen LogP contribution is 2.19. The Labute approximate surface area is 392 Å². The first-order chi connectivity index (χ1) is 31.0. The predicted octanol–water partition coefficient (Wildman–Crippen LogP) is 16.8. The zero-order valence-electron chi connectivity index (χ0n) is 42.2. The van der Waals surface area contributed by atoms with Gasteiger partial charge in [0.2, 0.25) is 5.91 Å². The fourth-order valence-electron chi connectivity index (χ4n) is 8.56. The first-order valence-electron chi connectivity index (χ1n) is 27.7. The summed E-state index contributed by atoms with van der Waals surface area (Å²) in [6.07, 6.45) is 60.6. The van der Waals surface area contributed by atoms with Crippen LogP contribution in [0.4, 0.5) is 0 Å². The Morgan fingerprint density at radius 2 is 0.857 bits per heavy atom. The molecule has 63 heavy (non-hydrogen) atoms. The predicted molar refractivity (Wildman–Crippen MR) is 273 cm³/mol. The van der Waals surface area contributed by atoms with Crippen molar-refractivity contribution in [2.45, 2.75) is 309 Å². The zero-order valence-corrected chi connectivity index (χ0v) is 42.2. The Morgan fingerprint density at radius 3 is 1.30 bits per heavy atom. The third kappa shape index (κ3) is 46.4. The molecule has 0 aromatic heterocycles. The third-order valence-electron chi connectivity index (χ3n) is 12.7. The van der Waals surface area contributed by atoms with E-state index in [1.807, 2.05) is 0 Å². The van der Waals surface area contributed by atoms with Crippen molar-refractivity contribution in [3.63, 3.8) is 0 Å². The third-order valence-corrected chi connectivity index (χ3v) is 12.7. The Morgan fingerprint density at radius 1 is 0.476 bits per heavy atom. The fourth-order valence-corrected chi connectivity index (χ4v) is 8.56. The van der Waals surface area contributed by atoms with Crippen LogP contribution in [0.5, 0.6) is 0 Å². The Balaban J connectivity index is 4.56. The second-order valence-corrected chi connectivity index (χ2v) is 19.0. The number of carbonyl (C=O) groups is 2. The summed E-state index contributed by atoms with van der Waals surface area (Å²) in [5.74, 6) is -0.474. The molecule has 3 unspecified atom stereocenters. The number of hydrogen-bond donors (Lipinski definition) is 3. The van der Waals surface area contributed by atoms with Crippen molar-refractivity contribution in [3.05, 3.63) is 36.5 Å². The highest BCUT2D eigenvalue weighted by Gasteiger charge is 2.24. The molecule has 0 rings (SSSR count). The number of amides is 1. The van der Waals surface area contributed by atoms with Gasteiger partial charge in [0.05, 0.1) is 25.2 Å². The molecule has 0 radical (unpaired) electrons. The lowest BCUT2D eigenvalue weighted by Crippen LogP contribution is -2.46. The summed E-state index contributed by atoms with van der Waals surface area (Å²) in [5, 5.41) is 23.8. The van der Waals surface area contributed by atoms with Crippen LogP contribution in [0.3, 0.4) is 0 Å². The van der Waals surface area contributed by atoms with E-state index in [2.05, 4.69) is 62.5 Å². The number of nitrogens with one attached hydrogen (secondary N) is 1. The van der Waals surface area contributed by atoms with Crippen LogP contribution in [0, 0.1) is 0 Å². The summed E-state index contributed by atoms with van der Waals surface area (Å²) < 4.78 is 5.95. The molecule has 6 nitrogen and oxygen atoms in total. The van der Waals surface area contributed by atoms with Crippen LogP contribution in [0.1, 0.15) is 290 Å². The van der Waals surface area contributed by atoms with E-state index >= 15 is 0 Å². The summed E-state index contributed by atoms with van der Waals surface area (Å²) in [4.78, 5) is 26.2. The van der Waals surface area contributed by atoms with Gasteiger partial charge in [0.1, 0.15) is 6.10 Å². The monoisotopic (exact) mass is 886 g/mol. The summed E-state index contributed by atoms with van der Waals surface area (Å²) in [6, 6.07) is -0.701. The Kier molecular flexibility index (Phi) is 49.5. The number of ether oxygens (including phenoxy) is 1. The molecule has 370 valence electrons. The molecular weight excluding hydrogens is 779 g/mol. The Bertz CT molecular complexity index is 1040. The molecule has 0 aliphatic heterocycles. The minimum Gasteiger partial charge on any atom is -0.462 e. The average Bonchev–Trinajstić information content (AvgIpc) is 3.28. The molecule has 0 aliphatic rings. The van der Waals surface area contributed by atoms with Gasteiger partial charge in [0, 0.05) is 6.42 Å². The second-order valence-electron chi connectivity index (χ2n) is 19.0. The van der Waals surface area contributed by atoms with Crippen molar-refractivity contribution in [1.82, 2.24) is 5.32 Å². The van der Waals surface area contributed by atoms with E-state index in [-0.39, 0.29) is 24.9 Å². The van der Waals surface area contributed by atoms with Gasteiger partial charge in [-0.1, -0.05) is 256 Å². The topological polar surface area (TPSA) is 95.9 Å². The highest BCUT2D eigenvalue weighted by molar-refractivity contribution is 5.77. The lowest BCUT2D eigenvalue weighted by atomic mass is 10.0. The molecule has 3 N–H and O–H groups in total. The molecule has 1 amide bonds. The normalized spacial score (nSPS) is 13.4. The first kappa shape index (κ1) is 61.1. The van der Waals surface area contributed by atoms with Crippen molar-refractivity contribution >= 4 is 11.9 Å². The summed E-state index contributed by atoms with van der Waals surface area (Å²) >= 11 is 0. The number of carbonyl (C=O) groups excluding carboxylic acids is 2. The molecule has 0 fully saturated rings. The van der Waals surface area contributed by atoms with E-state index in [4.69, 9.17) is 4.74 Å². The largest absolute Gasteiger partial charge is 0.462 e. The zero-order chi connectivity index (χ0) is 45.9. The van der Waals surface area contributed by atoms with Crippen LogP contribution in [0.2, 0.25) is 0 Å². The van der Waals surface area contributed by atoms with Crippen LogP contribution in [-0.4, -0.2) is 46.9 Å². The van der Waals surface area contributed by atoms with Gasteiger partial charge in [0.15, 0.2) is 0 Å². The van der Waals surface area contributed by atoms with Gasteiger partial charge in [-0.15, -0.1) is 0 Å². The minimum atomic E-state index is -0.787. The summed E-state index contributed by atoms with van der Waals surface area (Å²) in [6.45, 7) is 6.39. The van der Waals surface area contributed by atoms with Crippen molar-refractivity contribution in [1.29, 1.82) is 0 Å². The number of allylic oxidation sites excluding steroid dienone is 6. The average molecular weight is 886 g/mol. The number of rotatable bonds is 50. The molecule has 0 aromatic rings. The molecule has 6 heteroatoms. The minimum absolute atomic E-state index is 0.0767. The lowest BCUT2D eigenvalue weighted by molar-refractivity contribution is -0.151. The number of hydrogen-bond acceptors (Lipinski definition) is 5. The maximum absolute atomic E-state index is 13.2.